The molecule has 1 N–H and O–H groups in total. The fourth-order valence-corrected chi connectivity index (χ4v) is 4.74. The molecule has 0 fully saturated rings. The number of H-pyrrole nitrogens is 1. The van der Waals surface area contributed by atoms with Crippen molar-refractivity contribution in [1.29, 1.82) is 0 Å². The van der Waals surface area contributed by atoms with Crippen LogP contribution in [0.4, 0.5) is 5.69 Å². The minimum atomic E-state index is -0.195. The number of para-hydroxylation sites is 1. The summed E-state index contributed by atoms with van der Waals surface area (Å²) in [6, 6.07) is 19.0. The summed E-state index contributed by atoms with van der Waals surface area (Å²) in [6.07, 6.45) is 1.90. The molecule has 5 rings (SSSR count). The number of carbonyl (C=O) groups is 1. The Kier molecular flexibility index (Phi) is 5.02. The first-order chi connectivity index (χ1) is 15.5. The first-order valence-electron chi connectivity index (χ1n) is 10.7. The highest BCUT2D eigenvalue weighted by Crippen LogP contribution is 2.28. The molecule has 160 valence electrons. The summed E-state index contributed by atoms with van der Waals surface area (Å²) in [5, 5.41) is 0.495. The summed E-state index contributed by atoms with van der Waals surface area (Å²) < 4.78 is 1.84. The van der Waals surface area contributed by atoms with Crippen molar-refractivity contribution in [3.05, 3.63) is 98.0 Å². The smallest absolute Gasteiger partial charge is 0.266 e. The quantitative estimate of drug-likeness (QED) is 0.432. The zero-order chi connectivity index (χ0) is 22.4. The van der Waals surface area contributed by atoms with Crippen molar-refractivity contribution < 1.29 is 4.79 Å². The van der Waals surface area contributed by atoms with Gasteiger partial charge in [0.15, 0.2) is 4.77 Å². The van der Waals surface area contributed by atoms with Gasteiger partial charge in [-0.3, -0.25) is 14.2 Å². The second kappa shape index (κ2) is 7.88. The Balaban J connectivity index is 1.61. The molecule has 32 heavy (non-hydrogen) atoms. The molecule has 4 aromatic rings. The summed E-state index contributed by atoms with van der Waals surface area (Å²) in [7, 11) is 0. The summed E-state index contributed by atoms with van der Waals surface area (Å²) in [5.41, 5.74) is 5.91. The van der Waals surface area contributed by atoms with Crippen LogP contribution < -0.4 is 10.5 Å². The van der Waals surface area contributed by atoms with Crippen LogP contribution in [0.25, 0.3) is 16.6 Å². The topological polar surface area (TPSA) is 58.1 Å². The third kappa shape index (κ3) is 3.28. The van der Waals surface area contributed by atoms with Crippen molar-refractivity contribution >= 4 is 34.7 Å². The molecule has 0 unspecified atom stereocenters. The molecule has 1 aromatic heterocycles. The summed E-state index contributed by atoms with van der Waals surface area (Å²) in [4.78, 5) is 31.7. The van der Waals surface area contributed by atoms with E-state index in [1.807, 2.05) is 55.1 Å². The van der Waals surface area contributed by atoms with Crippen LogP contribution in [-0.2, 0) is 6.42 Å². The van der Waals surface area contributed by atoms with Gasteiger partial charge in [0, 0.05) is 17.8 Å². The number of aromatic amines is 1. The number of hydrogen-bond acceptors (Lipinski definition) is 3. The molecule has 3 aromatic carbocycles. The minimum absolute atomic E-state index is 0.0722. The van der Waals surface area contributed by atoms with Crippen LogP contribution in [0.1, 0.15) is 33.5 Å². The van der Waals surface area contributed by atoms with E-state index in [0.717, 1.165) is 35.3 Å². The van der Waals surface area contributed by atoms with E-state index >= 15 is 0 Å². The number of rotatable bonds is 2. The first-order valence-corrected chi connectivity index (χ1v) is 11.1. The average molecular weight is 442 g/mol. The molecular formula is C26H23N3O2S. The fourth-order valence-electron chi connectivity index (χ4n) is 4.45. The molecular weight excluding hydrogens is 418 g/mol. The molecule has 1 aliphatic heterocycles. The number of fused-ring (bicyclic) bond motifs is 2. The Morgan fingerprint density at radius 3 is 2.62 bits per heavy atom. The van der Waals surface area contributed by atoms with E-state index in [1.54, 1.807) is 18.2 Å². The Morgan fingerprint density at radius 2 is 1.78 bits per heavy atom. The van der Waals surface area contributed by atoms with E-state index in [-0.39, 0.29) is 11.5 Å². The molecule has 5 nitrogen and oxygen atoms in total. The molecule has 6 heteroatoms. The molecule has 0 aliphatic carbocycles. The lowest BCUT2D eigenvalue weighted by atomic mass is 10.0. The molecule has 2 heterocycles. The molecule has 0 atom stereocenters. The highest BCUT2D eigenvalue weighted by Gasteiger charge is 2.23. The largest absolute Gasteiger partial charge is 0.331 e. The number of carbonyl (C=O) groups excluding carboxylic acids is 1. The fraction of sp³-hybridized carbons (Fsp3) is 0.192. The molecule has 0 bridgehead atoms. The van der Waals surface area contributed by atoms with Gasteiger partial charge in [-0.05, 0) is 85.9 Å². The van der Waals surface area contributed by atoms with Gasteiger partial charge < -0.3 is 9.88 Å². The molecule has 0 spiro atoms. The molecule has 1 amide bonds. The third-order valence-corrected chi connectivity index (χ3v) is 6.60. The van der Waals surface area contributed by atoms with Crippen LogP contribution in [0, 0.1) is 18.6 Å². The summed E-state index contributed by atoms with van der Waals surface area (Å²) in [6.45, 7) is 4.67. The number of amides is 1. The van der Waals surface area contributed by atoms with Gasteiger partial charge in [0.05, 0.1) is 16.6 Å². The van der Waals surface area contributed by atoms with E-state index < -0.39 is 0 Å². The van der Waals surface area contributed by atoms with Crippen LogP contribution in [0.2, 0.25) is 0 Å². The van der Waals surface area contributed by atoms with Crippen molar-refractivity contribution in [2.75, 3.05) is 11.4 Å². The van der Waals surface area contributed by atoms with Crippen molar-refractivity contribution in [2.45, 2.75) is 26.7 Å². The number of nitrogens with zero attached hydrogens (tertiary/aromatic N) is 2. The lowest BCUT2D eigenvalue weighted by molar-refractivity contribution is 0.0985. The van der Waals surface area contributed by atoms with Gasteiger partial charge in [-0.15, -0.1) is 0 Å². The first kappa shape index (κ1) is 20.4. The van der Waals surface area contributed by atoms with Crippen molar-refractivity contribution in [2.24, 2.45) is 0 Å². The van der Waals surface area contributed by atoms with Gasteiger partial charge in [-0.1, -0.05) is 30.3 Å². The number of aromatic nitrogens is 2. The average Bonchev–Trinajstić information content (AvgIpc) is 2.80. The molecule has 0 saturated carbocycles. The molecule has 0 saturated heterocycles. The van der Waals surface area contributed by atoms with Crippen molar-refractivity contribution in [1.82, 2.24) is 9.55 Å². The second-order valence-electron chi connectivity index (χ2n) is 8.24. The molecule has 1 aliphatic rings. The van der Waals surface area contributed by atoms with E-state index in [9.17, 15) is 9.59 Å². The predicted octanol–water partition coefficient (Wildman–Crippen LogP) is 5.26. The van der Waals surface area contributed by atoms with Crippen LogP contribution in [-0.4, -0.2) is 22.0 Å². The highest BCUT2D eigenvalue weighted by molar-refractivity contribution is 7.71. The van der Waals surface area contributed by atoms with Crippen LogP contribution in [0.3, 0.4) is 0 Å². The Morgan fingerprint density at radius 1 is 1.00 bits per heavy atom. The number of aryl methyl sites for hydroxylation is 2. The van der Waals surface area contributed by atoms with Crippen molar-refractivity contribution in [3.63, 3.8) is 0 Å². The lowest BCUT2D eigenvalue weighted by Crippen LogP contribution is -2.35. The second-order valence-corrected chi connectivity index (χ2v) is 8.63. The van der Waals surface area contributed by atoms with E-state index in [4.69, 9.17) is 12.2 Å². The normalized spacial score (nSPS) is 13.2. The maximum atomic E-state index is 13.3. The van der Waals surface area contributed by atoms with Crippen LogP contribution in [0.15, 0.2) is 65.5 Å². The van der Waals surface area contributed by atoms with Gasteiger partial charge in [-0.25, -0.2) is 0 Å². The maximum absolute atomic E-state index is 13.3. The Hall–Kier alpha value is -3.51. The number of nitrogens with one attached hydrogen (secondary N) is 1. The predicted molar refractivity (Wildman–Crippen MR) is 131 cm³/mol. The van der Waals surface area contributed by atoms with Crippen molar-refractivity contribution in [3.8, 4) is 5.69 Å². The number of anilines is 1. The summed E-state index contributed by atoms with van der Waals surface area (Å²) in [5.74, 6) is -0.0722. The Bertz CT molecular complexity index is 1500. The zero-order valence-corrected chi connectivity index (χ0v) is 18.8. The van der Waals surface area contributed by atoms with E-state index in [0.29, 0.717) is 27.8 Å². The Labute approximate surface area is 191 Å². The maximum Gasteiger partial charge on any atom is 0.266 e. The summed E-state index contributed by atoms with van der Waals surface area (Å²) >= 11 is 5.55. The van der Waals surface area contributed by atoms with E-state index in [1.165, 1.54) is 10.1 Å². The van der Waals surface area contributed by atoms with Crippen LogP contribution >= 0.6 is 12.2 Å². The highest BCUT2D eigenvalue weighted by atomic mass is 32.1. The molecule has 0 radical (unpaired) electrons. The minimum Gasteiger partial charge on any atom is -0.331 e. The van der Waals surface area contributed by atoms with Gasteiger partial charge in [0.25, 0.3) is 11.5 Å². The SMILES string of the molecule is Cc1cccc(-n2c(=S)[nH]c3cc(C(=O)N4CCCc5ccccc54)ccc3c2=O)c1C. The van der Waals surface area contributed by atoms with Gasteiger partial charge in [0.2, 0.25) is 0 Å². The standard InChI is InChI=1S/C26H23N3O2S/c1-16-7-5-11-22(17(16)2)29-25(31)20-13-12-19(15-21(20)27-26(29)32)24(30)28-14-6-9-18-8-3-4-10-23(18)28/h3-5,7-8,10-13,15H,6,9,14H2,1-2H3,(H,27,32). The lowest BCUT2D eigenvalue weighted by Gasteiger charge is -2.29. The number of benzene rings is 3. The van der Waals surface area contributed by atoms with Crippen LogP contribution in [0.5, 0.6) is 0 Å². The number of hydrogen-bond donors (Lipinski definition) is 1. The zero-order valence-electron chi connectivity index (χ0n) is 18.0. The van der Waals surface area contributed by atoms with Gasteiger partial charge >= 0.3 is 0 Å². The van der Waals surface area contributed by atoms with E-state index in [2.05, 4.69) is 11.1 Å². The monoisotopic (exact) mass is 441 g/mol. The third-order valence-electron chi connectivity index (χ3n) is 6.32. The van der Waals surface area contributed by atoms with Gasteiger partial charge in [0.1, 0.15) is 0 Å². The van der Waals surface area contributed by atoms with Gasteiger partial charge in [-0.2, -0.15) is 0 Å².